The van der Waals surface area contributed by atoms with Crippen LogP contribution in [0, 0.1) is 19.8 Å². The molecule has 1 aromatic heterocycles. The number of hydrogen-bond acceptors (Lipinski definition) is 4. The minimum atomic E-state index is -0.379. The van der Waals surface area contributed by atoms with Gasteiger partial charge in [0.05, 0.1) is 5.56 Å². The molecule has 0 spiro atoms. The molecule has 0 radical (unpaired) electrons. The second kappa shape index (κ2) is 10.2. The van der Waals surface area contributed by atoms with Gasteiger partial charge in [-0.15, -0.1) is 0 Å². The summed E-state index contributed by atoms with van der Waals surface area (Å²) in [6.45, 7) is 9.26. The number of nitrogens with zero attached hydrogens (tertiary/aromatic N) is 1. The molecule has 0 saturated carbocycles. The van der Waals surface area contributed by atoms with E-state index in [1.54, 1.807) is 12.4 Å². The molecular formula is C26H29BrN2O2. The van der Waals surface area contributed by atoms with Crippen LogP contribution in [0.5, 0.6) is 0 Å². The molecule has 4 nitrogen and oxygen atoms in total. The van der Waals surface area contributed by atoms with Crippen molar-refractivity contribution in [2.24, 2.45) is 11.7 Å². The average molecular weight is 481 g/mol. The van der Waals surface area contributed by atoms with Gasteiger partial charge in [0.2, 0.25) is 0 Å². The van der Waals surface area contributed by atoms with Gasteiger partial charge in [0.15, 0.2) is 0 Å². The van der Waals surface area contributed by atoms with Gasteiger partial charge in [-0.05, 0) is 83.3 Å². The van der Waals surface area contributed by atoms with Crippen molar-refractivity contribution in [2.75, 3.05) is 0 Å². The van der Waals surface area contributed by atoms with Crippen LogP contribution in [-0.4, -0.2) is 11.0 Å². The lowest BCUT2D eigenvalue weighted by Crippen LogP contribution is -2.12. The van der Waals surface area contributed by atoms with Crippen LogP contribution in [0.2, 0.25) is 0 Å². The van der Waals surface area contributed by atoms with Crippen LogP contribution in [0.4, 0.5) is 0 Å². The molecular weight excluding hydrogens is 452 g/mol. The van der Waals surface area contributed by atoms with Crippen LogP contribution < -0.4 is 5.73 Å². The van der Waals surface area contributed by atoms with Crippen molar-refractivity contribution in [3.05, 3.63) is 86.6 Å². The van der Waals surface area contributed by atoms with Crippen molar-refractivity contribution in [2.45, 2.75) is 47.3 Å². The molecule has 0 aliphatic carbocycles. The standard InChI is InChI=1S/C26H29BrN2O2/c1-16(2)11-22-23(13-28)17(3)12-18(4)25(22)21-9-10-29-14-24(21)26(30)31-15-19-5-7-20(27)8-6-19/h5-10,12,14,16H,11,13,15,28H2,1-4H3. The highest BCUT2D eigenvalue weighted by molar-refractivity contribution is 9.10. The van der Waals surface area contributed by atoms with Gasteiger partial charge >= 0.3 is 5.97 Å². The molecule has 162 valence electrons. The Balaban J connectivity index is 2.03. The number of benzene rings is 2. The monoisotopic (exact) mass is 480 g/mol. The largest absolute Gasteiger partial charge is 0.457 e. The quantitative estimate of drug-likeness (QED) is 0.412. The van der Waals surface area contributed by atoms with E-state index in [1.807, 2.05) is 30.3 Å². The molecule has 1 heterocycles. The van der Waals surface area contributed by atoms with E-state index in [-0.39, 0.29) is 12.6 Å². The molecule has 0 unspecified atom stereocenters. The third kappa shape index (κ3) is 5.41. The number of esters is 1. The third-order valence-electron chi connectivity index (χ3n) is 5.38. The van der Waals surface area contributed by atoms with Crippen LogP contribution in [0.15, 0.2) is 53.3 Å². The molecule has 0 bridgehead atoms. The molecule has 0 atom stereocenters. The molecule has 3 rings (SSSR count). The predicted octanol–water partition coefficient (Wildman–Crippen LogP) is 6.14. The maximum absolute atomic E-state index is 13.0. The Kier molecular flexibility index (Phi) is 7.63. The molecule has 3 aromatic rings. The third-order valence-corrected chi connectivity index (χ3v) is 5.91. The maximum atomic E-state index is 13.0. The molecule has 2 N–H and O–H groups in total. The highest BCUT2D eigenvalue weighted by Crippen LogP contribution is 2.35. The first kappa shape index (κ1) is 23.2. The van der Waals surface area contributed by atoms with Crippen LogP contribution in [0.1, 0.15) is 52.0 Å². The fourth-order valence-electron chi connectivity index (χ4n) is 3.99. The van der Waals surface area contributed by atoms with E-state index >= 15 is 0 Å². The second-order valence-electron chi connectivity index (χ2n) is 8.27. The Morgan fingerprint density at radius 1 is 1.10 bits per heavy atom. The Hall–Kier alpha value is -2.50. The number of aromatic nitrogens is 1. The van der Waals surface area contributed by atoms with Crippen LogP contribution in [-0.2, 0) is 24.3 Å². The number of hydrogen-bond donors (Lipinski definition) is 1. The molecule has 31 heavy (non-hydrogen) atoms. The molecule has 0 saturated heterocycles. The SMILES string of the molecule is Cc1cc(C)c(-c2ccncc2C(=O)OCc2ccc(Br)cc2)c(CC(C)C)c1CN. The first-order valence-electron chi connectivity index (χ1n) is 10.5. The fraction of sp³-hybridized carbons (Fsp3) is 0.308. The number of rotatable bonds is 7. The van der Waals surface area contributed by atoms with Gasteiger partial charge in [0.1, 0.15) is 6.61 Å². The summed E-state index contributed by atoms with van der Waals surface area (Å²) < 4.78 is 6.62. The molecule has 2 aromatic carbocycles. The lowest BCUT2D eigenvalue weighted by atomic mass is 9.84. The lowest BCUT2D eigenvalue weighted by molar-refractivity contribution is 0.0473. The summed E-state index contributed by atoms with van der Waals surface area (Å²) >= 11 is 3.42. The predicted molar refractivity (Wildman–Crippen MR) is 129 cm³/mol. The Morgan fingerprint density at radius 2 is 1.81 bits per heavy atom. The van der Waals surface area contributed by atoms with E-state index in [1.165, 1.54) is 11.1 Å². The maximum Gasteiger partial charge on any atom is 0.340 e. The zero-order valence-corrected chi connectivity index (χ0v) is 20.1. The van der Waals surface area contributed by atoms with Gasteiger partial charge in [0, 0.05) is 23.4 Å². The molecule has 0 fully saturated rings. The van der Waals surface area contributed by atoms with Gasteiger partial charge in [-0.25, -0.2) is 4.79 Å². The van der Waals surface area contributed by atoms with E-state index < -0.39 is 0 Å². The van der Waals surface area contributed by atoms with E-state index in [4.69, 9.17) is 10.5 Å². The summed E-state index contributed by atoms with van der Waals surface area (Å²) in [5, 5.41) is 0. The topological polar surface area (TPSA) is 65.2 Å². The van der Waals surface area contributed by atoms with Gasteiger partial charge in [-0.2, -0.15) is 0 Å². The minimum Gasteiger partial charge on any atom is -0.457 e. The highest BCUT2D eigenvalue weighted by atomic mass is 79.9. The summed E-state index contributed by atoms with van der Waals surface area (Å²) in [5.41, 5.74) is 14.1. The van der Waals surface area contributed by atoms with Crippen molar-refractivity contribution >= 4 is 21.9 Å². The van der Waals surface area contributed by atoms with E-state index in [0.717, 1.165) is 38.7 Å². The van der Waals surface area contributed by atoms with Gasteiger partial charge in [-0.3, -0.25) is 4.98 Å². The summed E-state index contributed by atoms with van der Waals surface area (Å²) in [5.74, 6) is 0.0793. The number of pyridine rings is 1. The first-order chi connectivity index (χ1) is 14.8. The minimum absolute atomic E-state index is 0.209. The summed E-state index contributed by atoms with van der Waals surface area (Å²) in [6.07, 6.45) is 4.21. The summed E-state index contributed by atoms with van der Waals surface area (Å²) in [4.78, 5) is 17.3. The van der Waals surface area contributed by atoms with Gasteiger partial charge in [-0.1, -0.05) is 48.0 Å². The number of nitrogens with two attached hydrogens (primary N) is 1. The van der Waals surface area contributed by atoms with Crippen molar-refractivity contribution < 1.29 is 9.53 Å². The fourth-order valence-corrected chi connectivity index (χ4v) is 4.25. The first-order valence-corrected chi connectivity index (χ1v) is 11.3. The smallest absolute Gasteiger partial charge is 0.340 e. The van der Waals surface area contributed by atoms with Crippen molar-refractivity contribution in [3.63, 3.8) is 0 Å². The molecule has 0 amide bonds. The second-order valence-corrected chi connectivity index (χ2v) is 9.18. The molecule has 0 aliphatic rings. The van der Waals surface area contributed by atoms with Crippen LogP contribution in [0.25, 0.3) is 11.1 Å². The average Bonchev–Trinajstić information content (AvgIpc) is 2.73. The van der Waals surface area contributed by atoms with Crippen molar-refractivity contribution in [1.29, 1.82) is 0 Å². The summed E-state index contributed by atoms with van der Waals surface area (Å²) in [7, 11) is 0. The zero-order valence-electron chi connectivity index (χ0n) is 18.5. The van der Waals surface area contributed by atoms with Crippen LogP contribution >= 0.6 is 15.9 Å². The van der Waals surface area contributed by atoms with E-state index in [0.29, 0.717) is 18.0 Å². The van der Waals surface area contributed by atoms with Crippen LogP contribution in [0.3, 0.4) is 0 Å². The van der Waals surface area contributed by atoms with Crippen molar-refractivity contribution in [1.82, 2.24) is 4.98 Å². The zero-order chi connectivity index (χ0) is 22.5. The van der Waals surface area contributed by atoms with E-state index in [9.17, 15) is 4.79 Å². The summed E-state index contributed by atoms with van der Waals surface area (Å²) in [6, 6.07) is 11.8. The Bertz CT molecular complexity index is 1080. The number of aryl methyl sites for hydroxylation is 2. The van der Waals surface area contributed by atoms with Gasteiger partial charge in [0.25, 0.3) is 0 Å². The van der Waals surface area contributed by atoms with Crippen molar-refractivity contribution in [3.8, 4) is 11.1 Å². The number of carbonyl (C=O) groups is 1. The lowest BCUT2D eigenvalue weighted by Gasteiger charge is -2.22. The number of halogens is 1. The number of ether oxygens (including phenoxy) is 1. The molecule has 5 heteroatoms. The van der Waals surface area contributed by atoms with E-state index in [2.05, 4.69) is 54.7 Å². The molecule has 0 aliphatic heterocycles. The Labute approximate surface area is 193 Å². The normalized spacial score (nSPS) is 11.1. The number of carbonyl (C=O) groups excluding carboxylic acids is 1. The highest BCUT2D eigenvalue weighted by Gasteiger charge is 2.21. The van der Waals surface area contributed by atoms with Gasteiger partial charge < -0.3 is 10.5 Å². The Morgan fingerprint density at radius 3 is 2.45 bits per heavy atom.